The number of carboxylic acid groups (broad SMARTS) is 1. The lowest BCUT2D eigenvalue weighted by Gasteiger charge is -2.02. The van der Waals surface area contributed by atoms with E-state index in [-0.39, 0.29) is 0 Å². The van der Waals surface area contributed by atoms with Crippen molar-refractivity contribution >= 4 is 29.6 Å². The first-order chi connectivity index (χ1) is 7.59. The number of rotatable bonds is 4. The van der Waals surface area contributed by atoms with Gasteiger partial charge in [-0.3, -0.25) is 4.79 Å². The second-order valence-corrected chi connectivity index (χ2v) is 3.35. The molecule has 0 spiro atoms. The summed E-state index contributed by atoms with van der Waals surface area (Å²) in [5.74, 6) is -1.84. The molecule has 0 aliphatic heterocycles. The zero-order valence-electron chi connectivity index (χ0n) is 8.27. The number of halogens is 1. The van der Waals surface area contributed by atoms with Gasteiger partial charge in [0.1, 0.15) is 0 Å². The van der Waals surface area contributed by atoms with E-state index in [9.17, 15) is 14.7 Å². The van der Waals surface area contributed by atoms with Crippen molar-refractivity contribution in [1.29, 1.82) is 0 Å². The molecule has 0 aliphatic rings. The highest BCUT2D eigenvalue weighted by Gasteiger charge is 1.96. The first-order valence-electron chi connectivity index (χ1n) is 4.50. The second kappa shape index (κ2) is 5.92. The highest BCUT2D eigenvalue weighted by molar-refractivity contribution is 6.32. The van der Waals surface area contributed by atoms with Gasteiger partial charge in [-0.15, -0.1) is 0 Å². The van der Waals surface area contributed by atoms with Gasteiger partial charge in [0.15, 0.2) is 0 Å². The van der Waals surface area contributed by atoms with E-state index in [0.717, 1.165) is 0 Å². The van der Waals surface area contributed by atoms with Gasteiger partial charge >= 0.3 is 0 Å². The number of carboxylic acids is 1. The molecule has 4 nitrogen and oxygen atoms in total. The third-order valence-corrected chi connectivity index (χ3v) is 2.07. The fourth-order valence-electron chi connectivity index (χ4n) is 0.994. The monoisotopic (exact) mass is 238 g/mol. The summed E-state index contributed by atoms with van der Waals surface area (Å²) in [4.78, 5) is 21.2. The predicted molar refractivity (Wildman–Crippen MR) is 58.5 cm³/mol. The predicted octanol–water partition coefficient (Wildman–Crippen LogP) is 0.219. The van der Waals surface area contributed by atoms with Gasteiger partial charge in [-0.1, -0.05) is 29.8 Å². The Balaban J connectivity index is 2.57. The molecule has 0 aliphatic carbocycles. The first-order valence-corrected chi connectivity index (χ1v) is 4.87. The van der Waals surface area contributed by atoms with Crippen LogP contribution >= 0.6 is 11.6 Å². The number of carbonyl (C=O) groups is 2. The standard InChI is InChI=1S/C11H10ClNO3/c12-9-4-2-1-3-8(9)5-6-10(14)13-7-11(15)16/h1-6H,7H2,(H,13,14)(H,15,16)/p-1/b6-5+. The lowest BCUT2D eigenvalue weighted by Crippen LogP contribution is -2.36. The highest BCUT2D eigenvalue weighted by Crippen LogP contribution is 2.15. The summed E-state index contributed by atoms with van der Waals surface area (Å²) in [6, 6.07) is 6.99. The van der Waals surface area contributed by atoms with E-state index in [1.165, 1.54) is 12.2 Å². The first kappa shape index (κ1) is 12.3. The van der Waals surface area contributed by atoms with Crippen molar-refractivity contribution in [2.24, 2.45) is 0 Å². The van der Waals surface area contributed by atoms with Crippen molar-refractivity contribution in [3.63, 3.8) is 0 Å². The Hall–Kier alpha value is -1.81. The maximum absolute atomic E-state index is 11.1. The van der Waals surface area contributed by atoms with Crippen LogP contribution in [0.4, 0.5) is 0 Å². The number of nitrogens with one attached hydrogen (secondary N) is 1. The minimum absolute atomic E-state index is 0.508. The lowest BCUT2D eigenvalue weighted by atomic mass is 10.2. The molecule has 1 amide bonds. The minimum atomic E-state index is -1.33. The Morgan fingerprint density at radius 2 is 2.06 bits per heavy atom. The summed E-state index contributed by atoms with van der Waals surface area (Å²) in [6.45, 7) is -0.508. The number of benzene rings is 1. The van der Waals surface area contributed by atoms with Crippen molar-refractivity contribution in [1.82, 2.24) is 5.32 Å². The largest absolute Gasteiger partial charge is 0.548 e. The van der Waals surface area contributed by atoms with Gasteiger partial charge in [0, 0.05) is 11.1 Å². The van der Waals surface area contributed by atoms with Crippen LogP contribution in [0.3, 0.4) is 0 Å². The topological polar surface area (TPSA) is 69.2 Å². The fraction of sp³-hybridized carbons (Fsp3) is 0.0909. The molecule has 0 atom stereocenters. The van der Waals surface area contributed by atoms with E-state index in [0.29, 0.717) is 10.6 Å². The van der Waals surface area contributed by atoms with Gasteiger partial charge < -0.3 is 15.2 Å². The number of hydrogen-bond donors (Lipinski definition) is 1. The van der Waals surface area contributed by atoms with Crippen LogP contribution < -0.4 is 10.4 Å². The van der Waals surface area contributed by atoms with Gasteiger partial charge in [0.25, 0.3) is 0 Å². The van der Waals surface area contributed by atoms with Crippen molar-refractivity contribution in [2.75, 3.05) is 6.54 Å². The molecule has 1 aromatic rings. The summed E-state index contributed by atoms with van der Waals surface area (Å²) in [5.41, 5.74) is 0.688. The normalized spacial score (nSPS) is 10.3. The van der Waals surface area contributed by atoms with E-state index < -0.39 is 18.4 Å². The Kier molecular flexibility index (Phi) is 4.54. The molecule has 84 valence electrons. The smallest absolute Gasteiger partial charge is 0.244 e. The Bertz CT molecular complexity index is 429. The van der Waals surface area contributed by atoms with Crippen LogP contribution in [-0.4, -0.2) is 18.4 Å². The third kappa shape index (κ3) is 4.14. The average molecular weight is 239 g/mol. The SMILES string of the molecule is O=C([O-])CNC(=O)/C=C/c1ccccc1Cl. The molecule has 0 heterocycles. The third-order valence-electron chi connectivity index (χ3n) is 1.73. The van der Waals surface area contributed by atoms with E-state index in [1.807, 2.05) is 0 Å². The van der Waals surface area contributed by atoms with E-state index >= 15 is 0 Å². The molecule has 0 saturated carbocycles. The number of hydrogen-bond acceptors (Lipinski definition) is 3. The van der Waals surface area contributed by atoms with Crippen molar-refractivity contribution in [3.05, 3.63) is 40.9 Å². The van der Waals surface area contributed by atoms with E-state index in [4.69, 9.17) is 11.6 Å². The van der Waals surface area contributed by atoms with Crippen LogP contribution in [0.1, 0.15) is 5.56 Å². The molecule has 0 bridgehead atoms. The zero-order chi connectivity index (χ0) is 12.0. The molecule has 1 aromatic carbocycles. The van der Waals surface area contributed by atoms with Gasteiger partial charge in [-0.2, -0.15) is 0 Å². The molecule has 5 heteroatoms. The Morgan fingerprint density at radius 1 is 1.38 bits per heavy atom. The van der Waals surface area contributed by atoms with Crippen LogP contribution in [0.15, 0.2) is 30.3 Å². The lowest BCUT2D eigenvalue weighted by molar-refractivity contribution is -0.303. The van der Waals surface area contributed by atoms with Gasteiger partial charge in [0.2, 0.25) is 5.91 Å². The molecule has 0 unspecified atom stereocenters. The van der Waals surface area contributed by atoms with Crippen molar-refractivity contribution in [3.8, 4) is 0 Å². The van der Waals surface area contributed by atoms with Crippen LogP contribution in [0.5, 0.6) is 0 Å². The van der Waals surface area contributed by atoms with Crippen LogP contribution in [0, 0.1) is 0 Å². The summed E-state index contributed by atoms with van der Waals surface area (Å²) < 4.78 is 0. The van der Waals surface area contributed by atoms with Gasteiger partial charge in [-0.05, 0) is 17.7 Å². The molecule has 1 N–H and O–H groups in total. The second-order valence-electron chi connectivity index (χ2n) is 2.94. The number of aliphatic carboxylic acids is 1. The van der Waals surface area contributed by atoms with Crippen molar-refractivity contribution < 1.29 is 14.7 Å². The number of carbonyl (C=O) groups excluding carboxylic acids is 2. The van der Waals surface area contributed by atoms with Crippen LogP contribution in [-0.2, 0) is 9.59 Å². The van der Waals surface area contributed by atoms with Crippen molar-refractivity contribution in [2.45, 2.75) is 0 Å². The molecule has 0 fully saturated rings. The van der Waals surface area contributed by atoms with E-state index in [2.05, 4.69) is 5.32 Å². The Labute approximate surface area is 97.5 Å². The van der Waals surface area contributed by atoms with Gasteiger partial charge in [-0.25, -0.2) is 0 Å². The van der Waals surface area contributed by atoms with E-state index in [1.54, 1.807) is 24.3 Å². The average Bonchev–Trinajstić information content (AvgIpc) is 2.25. The Morgan fingerprint density at radius 3 is 2.69 bits per heavy atom. The highest BCUT2D eigenvalue weighted by atomic mass is 35.5. The quantitative estimate of drug-likeness (QED) is 0.763. The molecule has 1 rings (SSSR count). The summed E-state index contributed by atoms with van der Waals surface area (Å²) in [6.07, 6.45) is 2.72. The summed E-state index contributed by atoms with van der Waals surface area (Å²) in [7, 11) is 0. The molecular formula is C11H9ClNO3-. The molecule has 0 aromatic heterocycles. The maximum atomic E-state index is 11.1. The molecule has 16 heavy (non-hydrogen) atoms. The molecule has 0 saturated heterocycles. The number of amides is 1. The zero-order valence-corrected chi connectivity index (χ0v) is 9.03. The molecular weight excluding hydrogens is 230 g/mol. The maximum Gasteiger partial charge on any atom is 0.244 e. The van der Waals surface area contributed by atoms with Crippen LogP contribution in [0.25, 0.3) is 6.08 Å². The minimum Gasteiger partial charge on any atom is -0.548 e. The molecule has 0 radical (unpaired) electrons. The summed E-state index contributed by atoms with van der Waals surface area (Å²) in [5, 5.41) is 12.7. The van der Waals surface area contributed by atoms with Crippen LogP contribution in [0.2, 0.25) is 5.02 Å². The van der Waals surface area contributed by atoms with Gasteiger partial charge in [0.05, 0.1) is 12.5 Å². The fourth-order valence-corrected chi connectivity index (χ4v) is 1.19. The summed E-state index contributed by atoms with van der Waals surface area (Å²) >= 11 is 5.85.